The molecular weight excluding hydrogens is 284 g/mol. The van der Waals surface area contributed by atoms with Crippen molar-refractivity contribution in [3.05, 3.63) is 35.9 Å². The van der Waals surface area contributed by atoms with Crippen molar-refractivity contribution >= 4 is 23.9 Å². The third-order valence-corrected chi connectivity index (χ3v) is 2.65. The topological polar surface area (TPSA) is 138 Å². The number of carbonyl (C=O) groups is 4. The van der Waals surface area contributed by atoms with Gasteiger partial charge in [-0.2, -0.15) is 0 Å². The van der Waals surface area contributed by atoms with E-state index in [9.17, 15) is 19.2 Å². The molecule has 0 fully saturated rings. The van der Waals surface area contributed by atoms with Crippen molar-refractivity contribution in [3.8, 4) is 0 Å². The van der Waals surface area contributed by atoms with E-state index < -0.39 is 42.3 Å². The minimum Gasteiger partial charge on any atom is -0.481 e. The Hall–Kier alpha value is -2.90. The normalized spacial score (nSPS) is 13.0. The molecule has 3 N–H and O–H groups in total. The smallest absolute Gasteiger partial charge is 0.481 e. The Morgan fingerprint density at radius 3 is 1.95 bits per heavy atom. The summed E-state index contributed by atoms with van der Waals surface area (Å²) in [7, 11) is 0. The summed E-state index contributed by atoms with van der Waals surface area (Å²) in [5.74, 6) is -5.84. The van der Waals surface area contributed by atoms with Crippen molar-refractivity contribution in [3.63, 3.8) is 0 Å². The Bertz CT molecular complexity index is 551. The second-order valence-corrected chi connectivity index (χ2v) is 4.08. The van der Waals surface area contributed by atoms with E-state index in [1.165, 1.54) is 12.1 Å². The van der Waals surface area contributed by atoms with Crippen molar-refractivity contribution in [2.45, 2.75) is 12.5 Å². The molecule has 1 rings (SSSR count). The van der Waals surface area contributed by atoms with Gasteiger partial charge in [-0.05, 0) is 0 Å². The average molecular weight is 296 g/mol. The van der Waals surface area contributed by atoms with Gasteiger partial charge in [-0.15, -0.1) is 0 Å². The predicted molar refractivity (Wildman–Crippen MR) is 67.0 cm³/mol. The fraction of sp³-hybridized carbons (Fsp3) is 0.231. The molecule has 2 atom stereocenters. The molecule has 21 heavy (non-hydrogen) atoms. The van der Waals surface area contributed by atoms with Gasteiger partial charge < -0.3 is 20.1 Å². The van der Waals surface area contributed by atoms with E-state index in [0.29, 0.717) is 0 Å². The highest BCUT2D eigenvalue weighted by molar-refractivity contribution is 5.99. The lowest BCUT2D eigenvalue weighted by atomic mass is 9.93. The number of hydrogen-bond donors (Lipinski definition) is 3. The van der Waals surface area contributed by atoms with Gasteiger partial charge in [-0.1, -0.05) is 30.3 Å². The van der Waals surface area contributed by atoms with E-state index in [-0.39, 0.29) is 5.56 Å². The molecule has 0 heterocycles. The number of benzene rings is 1. The van der Waals surface area contributed by atoms with Gasteiger partial charge in [0, 0.05) is 12.0 Å². The highest BCUT2D eigenvalue weighted by atomic mass is 16.7. The molecule has 112 valence electrons. The maximum Gasteiger partial charge on any atom is 0.506 e. The number of ether oxygens (including phenoxy) is 1. The summed E-state index contributed by atoms with van der Waals surface area (Å²) < 4.78 is 4.06. The maximum absolute atomic E-state index is 11.9. The summed E-state index contributed by atoms with van der Waals surface area (Å²) in [5, 5.41) is 26.3. The lowest BCUT2D eigenvalue weighted by molar-refractivity contribution is -0.160. The summed E-state index contributed by atoms with van der Waals surface area (Å²) in [6, 6.07) is 7.65. The summed E-state index contributed by atoms with van der Waals surface area (Å²) >= 11 is 0. The molecule has 0 aliphatic carbocycles. The van der Waals surface area contributed by atoms with Crippen LogP contribution in [0.3, 0.4) is 0 Å². The zero-order chi connectivity index (χ0) is 16.0. The van der Waals surface area contributed by atoms with Crippen LogP contribution in [0.15, 0.2) is 30.3 Å². The van der Waals surface area contributed by atoms with Crippen LogP contribution in [-0.4, -0.2) is 45.3 Å². The number of carboxylic acid groups (broad SMARTS) is 3. The van der Waals surface area contributed by atoms with E-state index in [0.717, 1.165) is 0 Å². The van der Waals surface area contributed by atoms with E-state index in [2.05, 4.69) is 4.74 Å². The SMILES string of the molecule is O=C(O)O[C@@H](C(=O)O)[C@@H](CC(=O)c1ccccc1)C(=O)O. The molecule has 0 aliphatic heterocycles. The lowest BCUT2D eigenvalue weighted by Crippen LogP contribution is -2.39. The van der Waals surface area contributed by atoms with E-state index in [1.807, 2.05) is 0 Å². The number of Topliss-reactive ketones (excluding diaryl/α,β-unsaturated/α-hetero) is 1. The molecule has 1 aromatic carbocycles. The van der Waals surface area contributed by atoms with Crippen LogP contribution >= 0.6 is 0 Å². The van der Waals surface area contributed by atoms with Gasteiger partial charge in [-0.3, -0.25) is 9.59 Å². The van der Waals surface area contributed by atoms with E-state index in [1.54, 1.807) is 18.2 Å². The first-order chi connectivity index (χ1) is 9.82. The Morgan fingerprint density at radius 1 is 0.952 bits per heavy atom. The molecule has 0 spiro atoms. The fourth-order valence-corrected chi connectivity index (χ4v) is 1.68. The number of carboxylic acids is 2. The Labute approximate surface area is 118 Å². The van der Waals surface area contributed by atoms with Crippen molar-refractivity contribution in [1.82, 2.24) is 0 Å². The fourth-order valence-electron chi connectivity index (χ4n) is 1.68. The first-order valence-electron chi connectivity index (χ1n) is 5.76. The molecule has 8 heteroatoms. The second-order valence-electron chi connectivity index (χ2n) is 4.08. The first kappa shape index (κ1) is 16.2. The number of hydrogen-bond acceptors (Lipinski definition) is 5. The zero-order valence-electron chi connectivity index (χ0n) is 10.6. The minimum absolute atomic E-state index is 0.197. The quantitative estimate of drug-likeness (QED) is 0.502. The largest absolute Gasteiger partial charge is 0.506 e. The molecule has 0 bridgehead atoms. The van der Waals surface area contributed by atoms with Crippen molar-refractivity contribution in [2.24, 2.45) is 5.92 Å². The summed E-state index contributed by atoms with van der Waals surface area (Å²) in [4.78, 5) is 44.4. The molecule has 0 saturated carbocycles. The molecule has 0 unspecified atom stereocenters. The average Bonchev–Trinajstić information content (AvgIpc) is 2.42. The number of ketones is 1. The number of aliphatic carboxylic acids is 2. The third-order valence-electron chi connectivity index (χ3n) is 2.65. The molecule has 0 radical (unpaired) electrons. The van der Waals surface area contributed by atoms with Crippen LogP contribution in [0.1, 0.15) is 16.8 Å². The van der Waals surface area contributed by atoms with Crippen LogP contribution in [0.4, 0.5) is 4.79 Å². The standard InChI is InChI=1S/C13H12O8/c14-9(7-4-2-1-3-5-7)6-8(11(15)16)10(12(17)18)21-13(19)20/h1-5,8,10H,6H2,(H,15,16)(H,17,18)(H,19,20)/t8-,10-/m1/s1. The molecule has 0 saturated heterocycles. The number of carbonyl (C=O) groups excluding carboxylic acids is 1. The summed E-state index contributed by atoms with van der Waals surface area (Å²) in [6.45, 7) is 0. The zero-order valence-corrected chi connectivity index (χ0v) is 10.6. The van der Waals surface area contributed by atoms with Crippen LogP contribution in [0.2, 0.25) is 0 Å². The van der Waals surface area contributed by atoms with Gasteiger partial charge in [0.05, 0.1) is 0 Å². The van der Waals surface area contributed by atoms with Crippen LogP contribution < -0.4 is 0 Å². The molecule has 8 nitrogen and oxygen atoms in total. The van der Waals surface area contributed by atoms with E-state index >= 15 is 0 Å². The van der Waals surface area contributed by atoms with E-state index in [4.69, 9.17) is 15.3 Å². The molecule has 0 aromatic heterocycles. The second kappa shape index (κ2) is 7.04. The van der Waals surface area contributed by atoms with Crippen molar-refractivity contribution < 1.29 is 39.2 Å². The van der Waals surface area contributed by atoms with Crippen molar-refractivity contribution in [2.75, 3.05) is 0 Å². The maximum atomic E-state index is 11.9. The molecule has 1 aromatic rings. The lowest BCUT2D eigenvalue weighted by Gasteiger charge is -2.18. The molecular formula is C13H12O8. The monoisotopic (exact) mass is 296 g/mol. The summed E-state index contributed by atoms with van der Waals surface area (Å²) in [6.07, 6.45) is -4.78. The van der Waals surface area contributed by atoms with Crippen LogP contribution in [0.5, 0.6) is 0 Å². The molecule has 0 amide bonds. The van der Waals surface area contributed by atoms with Gasteiger partial charge in [0.15, 0.2) is 5.78 Å². The van der Waals surface area contributed by atoms with Gasteiger partial charge >= 0.3 is 18.1 Å². The molecule has 0 aliphatic rings. The summed E-state index contributed by atoms with van der Waals surface area (Å²) in [5.41, 5.74) is 0.197. The minimum atomic E-state index is -2.16. The highest BCUT2D eigenvalue weighted by Gasteiger charge is 2.38. The van der Waals surface area contributed by atoms with Crippen molar-refractivity contribution in [1.29, 1.82) is 0 Å². The van der Waals surface area contributed by atoms with Gasteiger partial charge in [0.25, 0.3) is 0 Å². The third kappa shape index (κ3) is 4.60. The van der Waals surface area contributed by atoms with Gasteiger partial charge in [0.1, 0.15) is 5.92 Å². The van der Waals surface area contributed by atoms with Gasteiger partial charge in [-0.25, -0.2) is 9.59 Å². The van der Waals surface area contributed by atoms with Crippen LogP contribution in [0.25, 0.3) is 0 Å². The number of rotatable bonds is 7. The van der Waals surface area contributed by atoms with Crippen LogP contribution in [0, 0.1) is 5.92 Å². The first-order valence-corrected chi connectivity index (χ1v) is 5.76. The Kier molecular flexibility index (Phi) is 5.41. The Balaban J connectivity index is 2.95. The Morgan fingerprint density at radius 2 is 1.52 bits per heavy atom. The highest BCUT2D eigenvalue weighted by Crippen LogP contribution is 2.17. The van der Waals surface area contributed by atoms with Crippen LogP contribution in [-0.2, 0) is 14.3 Å². The van der Waals surface area contributed by atoms with Gasteiger partial charge in [0.2, 0.25) is 6.10 Å². The predicted octanol–water partition coefficient (Wildman–Crippen LogP) is 1.11.